The van der Waals surface area contributed by atoms with Crippen LogP contribution in [0.2, 0.25) is 0 Å². The van der Waals surface area contributed by atoms with E-state index in [-0.39, 0.29) is 12.5 Å². The Balaban J connectivity index is 2.07. The third-order valence-electron chi connectivity index (χ3n) is 4.36. The molecule has 0 atom stereocenters. The van der Waals surface area contributed by atoms with Gasteiger partial charge in [0.15, 0.2) is 0 Å². The Morgan fingerprint density at radius 3 is 2.48 bits per heavy atom. The lowest BCUT2D eigenvalue weighted by molar-refractivity contribution is -0.134. The number of hydrogen-bond acceptors (Lipinski definition) is 3. The number of benzene rings is 1. The highest BCUT2D eigenvalue weighted by molar-refractivity contribution is 5.79. The van der Waals surface area contributed by atoms with Crippen molar-refractivity contribution in [2.24, 2.45) is 5.73 Å². The van der Waals surface area contributed by atoms with Gasteiger partial charge < -0.3 is 15.7 Å². The molecule has 0 bridgehead atoms. The van der Waals surface area contributed by atoms with Gasteiger partial charge in [-0.3, -0.25) is 4.79 Å². The standard InChI is InChI=1S/C17H26N2O2/c18-13-15-7-5-4-6-14(15)12-17(21)19(10-11-20)16-8-2-1-3-9-16/h4-7,16,20H,1-3,8-13,18H2. The lowest BCUT2D eigenvalue weighted by atomic mass is 9.93. The maximum atomic E-state index is 12.6. The summed E-state index contributed by atoms with van der Waals surface area (Å²) in [7, 11) is 0. The van der Waals surface area contributed by atoms with Crippen LogP contribution < -0.4 is 5.73 Å². The summed E-state index contributed by atoms with van der Waals surface area (Å²) >= 11 is 0. The van der Waals surface area contributed by atoms with Crippen molar-refractivity contribution in [1.29, 1.82) is 0 Å². The van der Waals surface area contributed by atoms with E-state index in [9.17, 15) is 9.90 Å². The van der Waals surface area contributed by atoms with Gasteiger partial charge in [-0.2, -0.15) is 0 Å². The Kier molecular flexibility index (Phi) is 6.21. The number of carbonyl (C=O) groups excluding carboxylic acids is 1. The van der Waals surface area contributed by atoms with Gasteiger partial charge in [0.2, 0.25) is 5.91 Å². The summed E-state index contributed by atoms with van der Waals surface area (Å²) in [5, 5.41) is 9.27. The van der Waals surface area contributed by atoms with Crippen LogP contribution >= 0.6 is 0 Å². The summed E-state index contributed by atoms with van der Waals surface area (Å²) in [4.78, 5) is 14.5. The molecule has 1 aromatic carbocycles. The minimum Gasteiger partial charge on any atom is -0.395 e. The van der Waals surface area contributed by atoms with Gasteiger partial charge >= 0.3 is 0 Å². The molecule has 1 fully saturated rings. The van der Waals surface area contributed by atoms with Crippen LogP contribution in [-0.4, -0.2) is 35.1 Å². The molecule has 3 N–H and O–H groups in total. The number of aliphatic hydroxyl groups is 1. The zero-order valence-electron chi connectivity index (χ0n) is 12.6. The predicted octanol–water partition coefficient (Wildman–Crippen LogP) is 1.84. The van der Waals surface area contributed by atoms with E-state index in [4.69, 9.17) is 5.73 Å². The topological polar surface area (TPSA) is 66.6 Å². The number of carbonyl (C=O) groups is 1. The third kappa shape index (κ3) is 4.29. The first-order valence-corrected chi connectivity index (χ1v) is 7.93. The van der Waals surface area contributed by atoms with Crippen molar-refractivity contribution in [2.45, 2.75) is 51.1 Å². The minimum atomic E-state index is 0.0285. The first kappa shape index (κ1) is 16.0. The second kappa shape index (κ2) is 8.15. The van der Waals surface area contributed by atoms with Crippen LogP contribution in [0.25, 0.3) is 0 Å². The van der Waals surface area contributed by atoms with E-state index in [1.165, 1.54) is 19.3 Å². The number of hydrogen-bond donors (Lipinski definition) is 2. The molecule has 1 amide bonds. The second-order valence-corrected chi connectivity index (χ2v) is 5.75. The van der Waals surface area contributed by atoms with Crippen molar-refractivity contribution in [2.75, 3.05) is 13.2 Å². The van der Waals surface area contributed by atoms with Crippen LogP contribution in [0.15, 0.2) is 24.3 Å². The fraction of sp³-hybridized carbons (Fsp3) is 0.588. The Morgan fingerprint density at radius 1 is 1.19 bits per heavy atom. The van der Waals surface area contributed by atoms with Gasteiger partial charge in [0, 0.05) is 19.1 Å². The van der Waals surface area contributed by atoms with Gasteiger partial charge in [-0.25, -0.2) is 0 Å². The zero-order valence-corrected chi connectivity index (χ0v) is 12.6. The van der Waals surface area contributed by atoms with Gasteiger partial charge in [0.1, 0.15) is 0 Å². The number of nitrogens with two attached hydrogens (primary N) is 1. The SMILES string of the molecule is NCc1ccccc1CC(=O)N(CCO)C1CCCCC1. The Labute approximate surface area is 126 Å². The molecule has 0 aliphatic heterocycles. The lowest BCUT2D eigenvalue weighted by Crippen LogP contribution is -2.44. The monoisotopic (exact) mass is 290 g/mol. The Hall–Kier alpha value is -1.39. The molecule has 1 aliphatic carbocycles. The summed E-state index contributed by atoms with van der Waals surface area (Å²) in [6.07, 6.45) is 6.12. The van der Waals surface area contributed by atoms with E-state index < -0.39 is 0 Å². The van der Waals surface area contributed by atoms with Gasteiger partial charge in [-0.15, -0.1) is 0 Å². The summed E-state index contributed by atoms with van der Waals surface area (Å²) in [6.45, 7) is 0.919. The molecule has 2 rings (SSSR count). The number of aliphatic hydroxyl groups excluding tert-OH is 1. The number of nitrogens with zero attached hydrogens (tertiary/aromatic N) is 1. The van der Waals surface area contributed by atoms with E-state index in [0.717, 1.165) is 24.0 Å². The molecule has 0 radical (unpaired) electrons. The second-order valence-electron chi connectivity index (χ2n) is 5.75. The third-order valence-corrected chi connectivity index (χ3v) is 4.36. The quantitative estimate of drug-likeness (QED) is 0.840. The maximum Gasteiger partial charge on any atom is 0.227 e. The average molecular weight is 290 g/mol. The smallest absolute Gasteiger partial charge is 0.227 e. The highest BCUT2D eigenvalue weighted by Crippen LogP contribution is 2.23. The summed E-state index contributed by atoms with van der Waals surface area (Å²) in [5.41, 5.74) is 7.77. The Bertz CT molecular complexity index is 456. The van der Waals surface area contributed by atoms with Crippen LogP contribution in [0.1, 0.15) is 43.2 Å². The number of rotatable bonds is 6. The molecule has 1 saturated carbocycles. The molecule has 0 saturated heterocycles. The van der Waals surface area contributed by atoms with Crippen LogP contribution in [0.4, 0.5) is 0 Å². The van der Waals surface area contributed by atoms with E-state index in [1.807, 2.05) is 29.2 Å². The molecular weight excluding hydrogens is 264 g/mol. The molecule has 0 spiro atoms. The van der Waals surface area contributed by atoms with Crippen LogP contribution in [0.3, 0.4) is 0 Å². The molecule has 21 heavy (non-hydrogen) atoms. The molecule has 4 heteroatoms. The molecule has 0 unspecified atom stereocenters. The molecule has 116 valence electrons. The van der Waals surface area contributed by atoms with E-state index in [2.05, 4.69) is 0 Å². The molecule has 0 heterocycles. The largest absolute Gasteiger partial charge is 0.395 e. The Morgan fingerprint density at radius 2 is 1.86 bits per heavy atom. The highest BCUT2D eigenvalue weighted by atomic mass is 16.3. The van der Waals surface area contributed by atoms with Crippen molar-refractivity contribution >= 4 is 5.91 Å². The lowest BCUT2D eigenvalue weighted by Gasteiger charge is -2.34. The molecule has 0 aromatic heterocycles. The maximum absolute atomic E-state index is 12.6. The van der Waals surface area contributed by atoms with Gasteiger partial charge in [-0.1, -0.05) is 43.5 Å². The van der Waals surface area contributed by atoms with Crippen LogP contribution in [0, 0.1) is 0 Å². The summed E-state index contributed by atoms with van der Waals surface area (Å²) in [6, 6.07) is 8.13. The van der Waals surface area contributed by atoms with E-state index >= 15 is 0 Å². The van der Waals surface area contributed by atoms with Gasteiger partial charge in [0.25, 0.3) is 0 Å². The number of amides is 1. The van der Waals surface area contributed by atoms with Crippen molar-refractivity contribution in [3.8, 4) is 0 Å². The zero-order chi connectivity index (χ0) is 15.1. The molecule has 1 aliphatic rings. The molecule has 1 aromatic rings. The first-order chi connectivity index (χ1) is 10.3. The van der Waals surface area contributed by atoms with Gasteiger partial charge in [0.05, 0.1) is 13.0 Å². The van der Waals surface area contributed by atoms with Crippen LogP contribution in [-0.2, 0) is 17.8 Å². The fourth-order valence-corrected chi connectivity index (χ4v) is 3.20. The highest BCUT2D eigenvalue weighted by Gasteiger charge is 2.25. The summed E-state index contributed by atoms with van der Waals surface area (Å²) < 4.78 is 0. The van der Waals surface area contributed by atoms with Crippen molar-refractivity contribution in [3.05, 3.63) is 35.4 Å². The molecule has 4 nitrogen and oxygen atoms in total. The normalized spacial score (nSPS) is 15.9. The van der Waals surface area contributed by atoms with Crippen LogP contribution in [0.5, 0.6) is 0 Å². The van der Waals surface area contributed by atoms with E-state index in [0.29, 0.717) is 25.6 Å². The van der Waals surface area contributed by atoms with Gasteiger partial charge in [-0.05, 0) is 24.0 Å². The van der Waals surface area contributed by atoms with Crippen molar-refractivity contribution in [3.63, 3.8) is 0 Å². The van der Waals surface area contributed by atoms with Crippen molar-refractivity contribution < 1.29 is 9.90 Å². The van der Waals surface area contributed by atoms with E-state index in [1.54, 1.807) is 0 Å². The van der Waals surface area contributed by atoms with Crippen molar-refractivity contribution in [1.82, 2.24) is 4.90 Å². The fourth-order valence-electron chi connectivity index (χ4n) is 3.20. The first-order valence-electron chi connectivity index (χ1n) is 7.93. The summed E-state index contributed by atoms with van der Waals surface area (Å²) in [5.74, 6) is 0.108. The minimum absolute atomic E-state index is 0.0285. The average Bonchev–Trinajstić information content (AvgIpc) is 2.53. The predicted molar refractivity (Wildman–Crippen MR) is 83.7 cm³/mol. The molecular formula is C17H26N2O2.